The van der Waals surface area contributed by atoms with E-state index < -0.39 is 5.76 Å². The Morgan fingerprint density at radius 2 is 1.88 bits per heavy atom. The van der Waals surface area contributed by atoms with Crippen LogP contribution in [-0.4, -0.2) is 10.9 Å². The van der Waals surface area contributed by atoms with Crippen molar-refractivity contribution >= 4 is 22.7 Å². The van der Waals surface area contributed by atoms with E-state index in [-0.39, 0.29) is 11.7 Å². The molecule has 1 amide bonds. The zero-order valence-corrected chi connectivity index (χ0v) is 12.4. The van der Waals surface area contributed by atoms with Crippen LogP contribution in [0, 0.1) is 0 Å². The lowest BCUT2D eigenvalue weighted by molar-refractivity contribution is 0.0997. The Morgan fingerprint density at radius 1 is 1.04 bits per heavy atom. The highest BCUT2D eigenvalue weighted by Gasteiger charge is 2.17. The molecule has 0 aliphatic rings. The molecule has 0 bridgehead atoms. The van der Waals surface area contributed by atoms with Crippen LogP contribution < -0.4 is 11.1 Å². The minimum Gasteiger partial charge on any atom is -0.459 e. The number of nitrogens with one attached hydrogen (secondary N) is 2. The minimum atomic E-state index is -0.536. The molecule has 0 unspecified atom stereocenters. The van der Waals surface area contributed by atoms with E-state index in [2.05, 4.69) is 10.3 Å². The third-order valence-corrected chi connectivity index (χ3v) is 3.63. The number of benzene rings is 2. The number of furan rings is 1. The van der Waals surface area contributed by atoms with Crippen LogP contribution in [0.5, 0.6) is 0 Å². The van der Waals surface area contributed by atoms with Gasteiger partial charge in [-0.1, -0.05) is 30.3 Å². The van der Waals surface area contributed by atoms with E-state index >= 15 is 0 Å². The summed E-state index contributed by atoms with van der Waals surface area (Å²) >= 11 is 0. The van der Waals surface area contributed by atoms with Gasteiger partial charge in [-0.05, 0) is 29.8 Å². The van der Waals surface area contributed by atoms with Crippen molar-refractivity contribution in [3.8, 4) is 11.1 Å². The molecule has 2 N–H and O–H groups in total. The normalized spacial score (nSPS) is 10.8. The maximum absolute atomic E-state index is 12.5. The number of fused-ring (bicyclic) bond motifs is 1. The molecule has 0 fully saturated rings. The second-order valence-corrected chi connectivity index (χ2v) is 5.21. The molecule has 0 aliphatic heterocycles. The van der Waals surface area contributed by atoms with Crippen molar-refractivity contribution in [2.45, 2.75) is 0 Å². The van der Waals surface area contributed by atoms with Crippen molar-refractivity contribution in [2.24, 2.45) is 0 Å². The summed E-state index contributed by atoms with van der Waals surface area (Å²) in [6.07, 6.45) is 1.48. The Labute approximate surface area is 135 Å². The SMILES string of the molecule is O=C(Nc1ccc2oc(=O)[nH]c2c1)c1occc1-c1ccccc1. The molecule has 4 rings (SSSR count). The first-order valence-electron chi connectivity index (χ1n) is 7.28. The number of amides is 1. The Kier molecular flexibility index (Phi) is 3.28. The number of aromatic nitrogens is 1. The second kappa shape index (κ2) is 5.58. The summed E-state index contributed by atoms with van der Waals surface area (Å²) < 4.78 is 10.3. The molecule has 2 aromatic heterocycles. The fraction of sp³-hybridized carbons (Fsp3) is 0. The maximum Gasteiger partial charge on any atom is 0.417 e. The molecule has 0 aliphatic carbocycles. The van der Waals surface area contributed by atoms with E-state index in [0.717, 1.165) is 5.56 Å². The largest absolute Gasteiger partial charge is 0.459 e. The Balaban J connectivity index is 1.64. The third kappa shape index (κ3) is 2.50. The van der Waals surface area contributed by atoms with Gasteiger partial charge in [0.15, 0.2) is 11.3 Å². The van der Waals surface area contributed by atoms with Crippen LogP contribution in [0.25, 0.3) is 22.2 Å². The minimum absolute atomic E-state index is 0.224. The van der Waals surface area contributed by atoms with Gasteiger partial charge in [-0.2, -0.15) is 0 Å². The number of carbonyl (C=O) groups is 1. The molecule has 0 saturated carbocycles. The highest BCUT2D eigenvalue weighted by Crippen LogP contribution is 2.26. The molecule has 6 nitrogen and oxygen atoms in total. The fourth-order valence-corrected chi connectivity index (χ4v) is 2.55. The van der Waals surface area contributed by atoms with Crippen LogP contribution in [0.15, 0.2) is 74.5 Å². The average molecular weight is 320 g/mol. The van der Waals surface area contributed by atoms with Gasteiger partial charge in [-0.25, -0.2) is 4.79 Å². The van der Waals surface area contributed by atoms with Crippen molar-refractivity contribution < 1.29 is 13.6 Å². The topological polar surface area (TPSA) is 88.2 Å². The molecule has 24 heavy (non-hydrogen) atoms. The first-order chi connectivity index (χ1) is 11.7. The van der Waals surface area contributed by atoms with Gasteiger partial charge in [0.1, 0.15) is 0 Å². The maximum atomic E-state index is 12.5. The van der Waals surface area contributed by atoms with E-state index in [9.17, 15) is 9.59 Å². The smallest absolute Gasteiger partial charge is 0.417 e. The fourth-order valence-electron chi connectivity index (χ4n) is 2.55. The first kappa shape index (κ1) is 14.1. The van der Waals surface area contributed by atoms with Gasteiger partial charge in [0.25, 0.3) is 5.91 Å². The number of hydrogen-bond donors (Lipinski definition) is 2. The molecule has 0 radical (unpaired) electrons. The summed E-state index contributed by atoms with van der Waals surface area (Å²) in [7, 11) is 0. The standard InChI is InChI=1S/C18H12N2O4/c21-17(16-13(8-9-23-16)11-4-2-1-3-5-11)19-12-6-7-15-14(10-12)20-18(22)24-15/h1-10H,(H,19,21)(H,20,22). The van der Waals surface area contributed by atoms with Crippen molar-refractivity contribution in [1.29, 1.82) is 0 Å². The van der Waals surface area contributed by atoms with E-state index in [4.69, 9.17) is 8.83 Å². The quantitative estimate of drug-likeness (QED) is 0.603. The molecule has 118 valence electrons. The number of oxazole rings is 1. The molecular weight excluding hydrogens is 308 g/mol. The van der Waals surface area contributed by atoms with Crippen molar-refractivity contribution in [1.82, 2.24) is 4.98 Å². The van der Waals surface area contributed by atoms with Crippen LogP contribution in [0.3, 0.4) is 0 Å². The summed E-state index contributed by atoms with van der Waals surface area (Å²) in [6, 6.07) is 16.2. The predicted molar refractivity (Wildman–Crippen MR) is 88.9 cm³/mol. The van der Waals surface area contributed by atoms with Gasteiger partial charge in [-0.3, -0.25) is 9.78 Å². The molecule has 6 heteroatoms. The monoisotopic (exact) mass is 320 g/mol. The zero-order chi connectivity index (χ0) is 16.5. The zero-order valence-electron chi connectivity index (χ0n) is 12.4. The Morgan fingerprint density at radius 3 is 2.71 bits per heavy atom. The lowest BCUT2D eigenvalue weighted by Crippen LogP contribution is -2.11. The van der Waals surface area contributed by atoms with Gasteiger partial charge in [-0.15, -0.1) is 0 Å². The van der Waals surface area contributed by atoms with Crippen molar-refractivity contribution in [3.63, 3.8) is 0 Å². The number of H-pyrrole nitrogens is 1. The van der Waals surface area contributed by atoms with Crippen LogP contribution >= 0.6 is 0 Å². The van der Waals surface area contributed by atoms with E-state index in [1.165, 1.54) is 6.26 Å². The number of aromatic amines is 1. The molecule has 2 heterocycles. The van der Waals surface area contributed by atoms with Gasteiger partial charge < -0.3 is 14.2 Å². The summed E-state index contributed by atoms with van der Waals surface area (Å²) in [5.74, 6) is -0.683. The number of rotatable bonds is 3. The van der Waals surface area contributed by atoms with Gasteiger partial charge in [0.05, 0.1) is 11.8 Å². The summed E-state index contributed by atoms with van der Waals surface area (Å²) in [6.45, 7) is 0. The molecule has 0 saturated heterocycles. The number of hydrogen-bond acceptors (Lipinski definition) is 4. The van der Waals surface area contributed by atoms with Crippen LogP contribution in [0.1, 0.15) is 10.6 Å². The lowest BCUT2D eigenvalue weighted by Gasteiger charge is -2.05. The molecule has 4 aromatic rings. The van der Waals surface area contributed by atoms with Crippen LogP contribution in [-0.2, 0) is 0 Å². The summed E-state index contributed by atoms with van der Waals surface area (Å²) in [5.41, 5.74) is 3.08. The molecule has 2 aromatic carbocycles. The Hall–Kier alpha value is -3.54. The number of carbonyl (C=O) groups excluding carboxylic acids is 1. The van der Waals surface area contributed by atoms with Crippen molar-refractivity contribution in [2.75, 3.05) is 5.32 Å². The number of anilines is 1. The second-order valence-electron chi connectivity index (χ2n) is 5.21. The van der Waals surface area contributed by atoms with E-state index in [0.29, 0.717) is 22.4 Å². The molecule has 0 atom stereocenters. The van der Waals surface area contributed by atoms with Gasteiger partial charge in [0, 0.05) is 11.3 Å². The Bertz CT molecular complexity index is 1070. The van der Waals surface area contributed by atoms with Crippen LogP contribution in [0.2, 0.25) is 0 Å². The highest BCUT2D eigenvalue weighted by molar-refractivity contribution is 6.07. The first-order valence-corrected chi connectivity index (χ1v) is 7.28. The molecule has 0 spiro atoms. The van der Waals surface area contributed by atoms with E-state index in [1.807, 2.05) is 30.3 Å². The van der Waals surface area contributed by atoms with Gasteiger partial charge >= 0.3 is 5.76 Å². The third-order valence-electron chi connectivity index (χ3n) is 3.63. The van der Waals surface area contributed by atoms with E-state index in [1.54, 1.807) is 24.3 Å². The molecular formula is C18H12N2O4. The lowest BCUT2D eigenvalue weighted by atomic mass is 10.1. The van der Waals surface area contributed by atoms with Crippen molar-refractivity contribution in [3.05, 3.63) is 77.2 Å². The van der Waals surface area contributed by atoms with Gasteiger partial charge in [0.2, 0.25) is 0 Å². The van der Waals surface area contributed by atoms with Crippen LogP contribution in [0.4, 0.5) is 5.69 Å². The highest BCUT2D eigenvalue weighted by atomic mass is 16.4. The summed E-state index contributed by atoms with van der Waals surface area (Å²) in [4.78, 5) is 26.2. The summed E-state index contributed by atoms with van der Waals surface area (Å²) in [5, 5.41) is 2.76. The average Bonchev–Trinajstić information content (AvgIpc) is 3.21. The predicted octanol–water partition coefficient (Wildman–Crippen LogP) is 3.63.